The van der Waals surface area contributed by atoms with Gasteiger partial charge in [-0.15, -0.1) is 0 Å². The molecule has 2 N–H and O–H groups in total. The summed E-state index contributed by atoms with van der Waals surface area (Å²) in [7, 11) is 1.56. The predicted octanol–water partition coefficient (Wildman–Crippen LogP) is 1.74. The van der Waals surface area contributed by atoms with Crippen LogP contribution in [0.15, 0.2) is 24.3 Å². The first-order valence-corrected chi connectivity index (χ1v) is 6.44. The van der Waals surface area contributed by atoms with Gasteiger partial charge in [-0.3, -0.25) is 9.59 Å². The first-order valence-electron chi connectivity index (χ1n) is 6.44. The number of benzene rings is 1. The van der Waals surface area contributed by atoms with Crippen molar-refractivity contribution < 1.29 is 19.4 Å². The summed E-state index contributed by atoms with van der Waals surface area (Å²) in [6.07, 6.45) is 0.209. The van der Waals surface area contributed by atoms with Crippen molar-refractivity contribution in [1.29, 1.82) is 0 Å². The van der Waals surface area contributed by atoms with Gasteiger partial charge in [0.1, 0.15) is 0 Å². The van der Waals surface area contributed by atoms with Crippen molar-refractivity contribution in [1.82, 2.24) is 5.32 Å². The Morgan fingerprint density at radius 2 is 1.85 bits per heavy atom. The standard InChI is InChI=1S/C15H21NO4/c1-15(2,20-3)9-13(17)16-10-12-7-5-4-6-11(12)8-14(18)19/h4-7H,8-10H2,1-3H3,(H,16,17)(H,18,19). The number of carboxylic acids is 1. The zero-order chi connectivity index (χ0) is 15.2. The number of carbonyl (C=O) groups excluding carboxylic acids is 1. The molecule has 1 aromatic rings. The molecule has 0 atom stereocenters. The fourth-order valence-corrected chi connectivity index (χ4v) is 1.78. The first-order chi connectivity index (χ1) is 9.34. The maximum absolute atomic E-state index is 11.8. The van der Waals surface area contributed by atoms with E-state index in [1.165, 1.54) is 0 Å². The highest BCUT2D eigenvalue weighted by Crippen LogP contribution is 2.13. The molecule has 0 fully saturated rings. The average molecular weight is 279 g/mol. The van der Waals surface area contributed by atoms with Gasteiger partial charge < -0.3 is 15.2 Å². The normalized spacial score (nSPS) is 11.2. The van der Waals surface area contributed by atoms with Gasteiger partial charge in [0.05, 0.1) is 18.4 Å². The summed E-state index contributed by atoms with van der Waals surface area (Å²) >= 11 is 0. The zero-order valence-corrected chi connectivity index (χ0v) is 12.1. The Balaban J connectivity index is 2.61. The van der Waals surface area contributed by atoms with Gasteiger partial charge in [0, 0.05) is 13.7 Å². The lowest BCUT2D eigenvalue weighted by molar-refractivity contribution is -0.136. The van der Waals surface area contributed by atoms with Gasteiger partial charge in [0.2, 0.25) is 5.91 Å². The van der Waals surface area contributed by atoms with Gasteiger partial charge >= 0.3 is 5.97 Å². The van der Waals surface area contributed by atoms with Crippen LogP contribution < -0.4 is 5.32 Å². The molecule has 0 spiro atoms. The topological polar surface area (TPSA) is 75.6 Å². The number of nitrogens with one attached hydrogen (secondary N) is 1. The molecule has 0 radical (unpaired) electrons. The molecule has 0 bridgehead atoms. The maximum atomic E-state index is 11.8. The lowest BCUT2D eigenvalue weighted by atomic mass is 10.0. The number of carboxylic acid groups (broad SMARTS) is 1. The van der Waals surface area contributed by atoms with Gasteiger partial charge in [0.15, 0.2) is 0 Å². The average Bonchev–Trinajstić information content (AvgIpc) is 2.36. The quantitative estimate of drug-likeness (QED) is 0.797. The lowest BCUT2D eigenvalue weighted by Gasteiger charge is -2.22. The minimum absolute atomic E-state index is 0.0460. The summed E-state index contributed by atoms with van der Waals surface area (Å²) in [6.45, 7) is 4.00. The van der Waals surface area contributed by atoms with Crippen LogP contribution in [0.25, 0.3) is 0 Å². The summed E-state index contributed by atoms with van der Waals surface area (Å²) < 4.78 is 5.20. The van der Waals surface area contributed by atoms with Crippen molar-refractivity contribution in [2.75, 3.05) is 7.11 Å². The van der Waals surface area contributed by atoms with Crippen molar-refractivity contribution in [3.05, 3.63) is 35.4 Å². The highest BCUT2D eigenvalue weighted by Gasteiger charge is 2.20. The molecule has 0 aromatic heterocycles. The highest BCUT2D eigenvalue weighted by molar-refractivity contribution is 5.77. The van der Waals surface area contributed by atoms with Gasteiger partial charge in [-0.1, -0.05) is 24.3 Å². The third-order valence-corrected chi connectivity index (χ3v) is 3.07. The van der Waals surface area contributed by atoms with E-state index in [4.69, 9.17) is 9.84 Å². The summed E-state index contributed by atoms with van der Waals surface area (Å²) in [5, 5.41) is 11.6. The molecule has 0 aliphatic rings. The second-order valence-electron chi connectivity index (χ2n) is 5.26. The summed E-state index contributed by atoms with van der Waals surface area (Å²) in [4.78, 5) is 22.6. The van der Waals surface area contributed by atoms with E-state index in [9.17, 15) is 9.59 Å². The number of ether oxygens (including phenoxy) is 1. The summed E-state index contributed by atoms with van der Waals surface area (Å²) in [5.41, 5.74) is 1.02. The third kappa shape index (κ3) is 5.40. The zero-order valence-electron chi connectivity index (χ0n) is 12.1. The van der Waals surface area contributed by atoms with Crippen LogP contribution in [-0.4, -0.2) is 29.7 Å². The molecule has 0 saturated carbocycles. The highest BCUT2D eigenvalue weighted by atomic mass is 16.5. The van der Waals surface area contributed by atoms with Crippen LogP contribution >= 0.6 is 0 Å². The van der Waals surface area contributed by atoms with E-state index in [0.29, 0.717) is 12.1 Å². The van der Waals surface area contributed by atoms with E-state index in [-0.39, 0.29) is 18.7 Å². The van der Waals surface area contributed by atoms with E-state index < -0.39 is 11.6 Å². The number of hydrogen-bond donors (Lipinski definition) is 2. The molecule has 0 saturated heterocycles. The largest absolute Gasteiger partial charge is 0.481 e. The van der Waals surface area contributed by atoms with Gasteiger partial charge in [-0.05, 0) is 25.0 Å². The molecule has 5 nitrogen and oxygen atoms in total. The molecular weight excluding hydrogens is 258 g/mol. The smallest absolute Gasteiger partial charge is 0.307 e. The molecule has 0 aliphatic heterocycles. The molecule has 110 valence electrons. The number of aliphatic carboxylic acids is 1. The number of carbonyl (C=O) groups is 2. The molecule has 0 heterocycles. The SMILES string of the molecule is COC(C)(C)CC(=O)NCc1ccccc1CC(=O)O. The third-order valence-electron chi connectivity index (χ3n) is 3.07. The van der Waals surface area contributed by atoms with Crippen molar-refractivity contribution in [3.63, 3.8) is 0 Å². The monoisotopic (exact) mass is 279 g/mol. The van der Waals surface area contributed by atoms with Crippen LogP contribution in [0.1, 0.15) is 31.4 Å². The van der Waals surface area contributed by atoms with Gasteiger partial charge in [-0.2, -0.15) is 0 Å². The second kappa shape index (κ2) is 7.05. The molecule has 1 rings (SSSR count). The molecule has 1 amide bonds. The van der Waals surface area contributed by atoms with E-state index in [2.05, 4.69) is 5.32 Å². The number of rotatable bonds is 7. The fraction of sp³-hybridized carbons (Fsp3) is 0.467. The van der Waals surface area contributed by atoms with Gasteiger partial charge in [-0.25, -0.2) is 0 Å². The van der Waals surface area contributed by atoms with Crippen LogP contribution in [0.4, 0.5) is 0 Å². The van der Waals surface area contributed by atoms with Crippen molar-refractivity contribution in [2.45, 2.75) is 38.8 Å². The van der Waals surface area contributed by atoms with Crippen LogP contribution in [0.2, 0.25) is 0 Å². The Morgan fingerprint density at radius 1 is 1.25 bits per heavy atom. The molecule has 20 heavy (non-hydrogen) atoms. The summed E-state index contributed by atoms with van der Waals surface area (Å²) in [6, 6.07) is 7.19. The Hall–Kier alpha value is -1.88. The van der Waals surface area contributed by atoms with E-state index in [1.54, 1.807) is 19.2 Å². The molecule has 5 heteroatoms. The first kappa shape index (κ1) is 16.2. The second-order valence-corrected chi connectivity index (χ2v) is 5.26. The molecule has 0 unspecified atom stereocenters. The summed E-state index contributed by atoms with van der Waals surface area (Å²) in [5.74, 6) is -1.01. The number of methoxy groups -OCH3 is 1. The minimum Gasteiger partial charge on any atom is -0.481 e. The van der Waals surface area contributed by atoms with Crippen LogP contribution in [-0.2, 0) is 27.3 Å². The predicted molar refractivity (Wildman–Crippen MR) is 75.3 cm³/mol. The minimum atomic E-state index is -0.885. The van der Waals surface area contributed by atoms with E-state index >= 15 is 0 Å². The fourth-order valence-electron chi connectivity index (χ4n) is 1.78. The number of amides is 1. The Labute approximate surface area is 118 Å². The molecule has 0 aliphatic carbocycles. The Kier molecular flexibility index (Phi) is 5.70. The van der Waals surface area contributed by atoms with E-state index in [1.807, 2.05) is 26.0 Å². The van der Waals surface area contributed by atoms with Crippen molar-refractivity contribution in [2.24, 2.45) is 0 Å². The van der Waals surface area contributed by atoms with Gasteiger partial charge in [0.25, 0.3) is 0 Å². The van der Waals surface area contributed by atoms with Crippen molar-refractivity contribution >= 4 is 11.9 Å². The molecular formula is C15H21NO4. The maximum Gasteiger partial charge on any atom is 0.307 e. The van der Waals surface area contributed by atoms with Crippen LogP contribution in [0.3, 0.4) is 0 Å². The van der Waals surface area contributed by atoms with Crippen LogP contribution in [0, 0.1) is 0 Å². The Bertz CT molecular complexity index is 483. The number of hydrogen-bond acceptors (Lipinski definition) is 3. The van der Waals surface area contributed by atoms with Crippen LogP contribution in [0.5, 0.6) is 0 Å². The Morgan fingerprint density at radius 3 is 2.40 bits per heavy atom. The lowest BCUT2D eigenvalue weighted by Crippen LogP contribution is -2.33. The molecule has 1 aromatic carbocycles. The van der Waals surface area contributed by atoms with E-state index in [0.717, 1.165) is 5.56 Å². The van der Waals surface area contributed by atoms with Crippen molar-refractivity contribution in [3.8, 4) is 0 Å².